The fraction of sp³-hybridized carbons (Fsp3) is 0.387. The summed E-state index contributed by atoms with van der Waals surface area (Å²) in [4.78, 5) is 17.0. The van der Waals surface area contributed by atoms with Crippen molar-refractivity contribution in [2.24, 2.45) is 5.92 Å². The molecule has 1 amide bonds. The Morgan fingerprint density at radius 3 is 2.30 bits per heavy atom. The summed E-state index contributed by atoms with van der Waals surface area (Å²) in [5.41, 5.74) is 1.71. The molecule has 0 N–H and O–H groups in total. The molecule has 2 fully saturated rings. The average Bonchev–Trinajstić information content (AvgIpc) is 2.97. The van der Waals surface area contributed by atoms with Gasteiger partial charge in [0, 0.05) is 55.9 Å². The second-order valence-corrected chi connectivity index (χ2v) is 13.5. The van der Waals surface area contributed by atoms with Crippen molar-refractivity contribution in [3.63, 3.8) is 0 Å². The highest BCUT2D eigenvalue weighted by molar-refractivity contribution is 7.89. The van der Waals surface area contributed by atoms with Gasteiger partial charge in [0.1, 0.15) is 5.82 Å². The van der Waals surface area contributed by atoms with Crippen molar-refractivity contribution in [1.82, 2.24) is 9.21 Å². The Kier molecular flexibility index (Phi) is 8.79. The van der Waals surface area contributed by atoms with Gasteiger partial charge in [-0.3, -0.25) is 4.79 Å². The highest BCUT2D eigenvalue weighted by Gasteiger charge is 2.45. The highest BCUT2D eigenvalue weighted by Crippen LogP contribution is 2.40. The average molecular weight is 638 g/mol. The summed E-state index contributed by atoms with van der Waals surface area (Å²) in [6.07, 6.45) is -4.81. The van der Waals surface area contributed by atoms with Gasteiger partial charge in [0.15, 0.2) is 0 Å². The van der Waals surface area contributed by atoms with Crippen LogP contribution < -0.4 is 4.90 Å². The highest BCUT2D eigenvalue weighted by atomic mass is 35.5. The zero-order valence-corrected chi connectivity index (χ0v) is 25.3. The van der Waals surface area contributed by atoms with Crippen LogP contribution in [0, 0.1) is 25.6 Å². The minimum Gasteiger partial charge on any atom is -0.368 e. The van der Waals surface area contributed by atoms with Gasteiger partial charge in [0.05, 0.1) is 16.4 Å². The van der Waals surface area contributed by atoms with Crippen LogP contribution >= 0.6 is 11.6 Å². The summed E-state index contributed by atoms with van der Waals surface area (Å²) in [5, 5.41) is 0.595. The van der Waals surface area contributed by atoms with Gasteiger partial charge in [-0.15, -0.1) is 0 Å². The van der Waals surface area contributed by atoms with Crippen molar-refractivity contribution in [3.8, 4) is 0 Å². The Bertz CT molecular complexity index is 1620. The van der Waals surface area contributed by atoms with E-state index in [1.807, 2.05) is 19.1 Å². The normalized spacial score (nSPS) is 20.3. The minimum atomic E-state index is -4.89. The van der Waals surface area contributed by atoms with Crippen molar-refractivity contribution < 1.29 is 30.8 Å². The number of amides is 1. The van der Waals surface area contributed by atoms with Crippen LogP contribution in [-0.4, -0.2) is 62.8 Å². The Balaban J connectivity index is 1.44. The van der Waals surface area contributed by atoms with Gasteiger partial charge in [-0.1, -0.05) is 41.9 Å². The molecule has 0 spiro atoms. The van der Waals surface area contributed by atoms with Gasteiger partial charge >= 0.3 is 6.18 Å². The van der Waals surface area contributed by atoms with Crippen LogP contribution in [0.2, 0.25) is 5.02 Å². The molecule has 5 rings (SSSR count). The molecule has 2 atom stereocenters. The zero-order valence-electron chi connectivity index (χ0n) is 23.7. The maximum absolute atomic E-state index is 15.2. The smallest absolute Gasteiger partial charge is 0.368 e. The summed E-state index contributed by atoms with van der Waals surface area (Å²) >= 11 is 6.20. The fourth-order valence-electron chi connectivity index (χ4n) is 6.09. The van der Waals surface area contributed by atoms with Crippen LogP contribution in [0.4, 0.5) is 23.2 Å². The monoisotopic (exact) mass is 637 g/mol. The molecule has 2 aliphatic rings. The lowest BCUT2D eigenvalue weighted by Crippen LogP contribution is -2.54. The molecule has 0 unspecified atom stereocenters. The number of sulfonamides is 1. The predicted molar refractivity (Wildman–Crippen MR) is 157 cm³/mol. The third kappa shape index (κ3) is 6.39. The first-order chi connectivity index (χ1) is 20.3. The molecule has 0 saturated carbocycles. The molecular formula is C31H32ClF4N3O3S. The van der Waals surface area contributed by atoms with E-state index in [2.05, 4.69) is 4.90 Å². The fourth-order valence-corrected chi connectivity index (χ4v) is 7.95. The van der Waals surface area contributed by atoms with Crippen molar-refractivity contribution >= 4 is 33.2 Å². The number of rotatable bonds is 5. The predicted octanol–water partition coefficient (Wildman–Crippen LogP) is 6.26. The number of hydrogen-bond donors (Lipinski definition) is 0. The summed E-state index contributed by atoms with van der Waals surface area (Å²) in [5.74, 6) is -2.48. The van der Waals surface area contributed by atoms with E-state index >= 15 is 4.39 Å². The number of nitrogens with zero attached hydrogens (tertiary/aromatic N) is 3. The van der Waals surface area contributed by atoms with Gasteiger partial charge in [-0.05, 0) is 67.3 Å². The summed E-state index contributed by atoms with van der Waals surface area (Å²) in [6, 6.07) is 14.3. The lowest BCUT2D eigenvalue weighted by molar-refractivity contribution is -0.140. The van der Waals surface area contributed by atoms with Crippen LogP contribution in [0.1, 0.15) is 34.6 Å². The SMILES string of the molecule is Cc1ccc([C@@H]2CCN(S(=O)(=O)c3ccccc3C(F)(F)F)C[C@@H]2C(=O)N2CCN(c3cc(Cl)ccc3C)CC2)c(F)c1. The molecule has 230 valence electrons. The van der Waals surface area contributed by atoms with Crippen molar-refractivity contribution in [2.75, 3.05) is 44.2 Å². The van der Waals surface area contributed by atoms with Crippen LogP contribution in [-0.2, 0) is 21.0 Å². The second kappa shape index (κ2) is 12.1. The topological polar surface area (TPSA) is 60.9 Å². The molecular weight excluding hydrogens is 606 g/mol. The first-order valence-corrected chi connectivity index (χ1v) is 15.8. The lowest BCUT2D eigenvalue weighted by atomic mass is 9.79. The maximum atomic E-state index is 15.2. The third-order valence-electron chi connectivity index (χ3n) is 8.36. The first kappa shape index (κ1) is 31.3. The summed E-state index contributed by atoms with van der Waals surface area (Å²) in [7, 11) is -4.62. The molecule has 0 radical (unpaired) electrons. The van der Waals surface area contributed by atoms with Gasteiger partial charge in [0.2, 0.25) is 15.9 Å². The number of hydrogen-bond acceptors (Lipinski definition) is 4. The van der Waals surface area contributed by atoms with E-state index in [4.69, 9.17) is 11.6 Å². The second-order valence-electron chi connectivity index (χ2n) is 11.1. The van der Waals surface area contributed by atoms with Crippen LogP contribution in [0.3, 0.4) is 0 Å². The number of halogens is 5. The molecule has 12 heteroatoms. The van der Waals surface area contributed by atoms with E-state index in [0.29, 0.717) is 42.3 Å². The number of benzene rings is 3. The molecule has 3 aromatic carbocycles. The number of carbonyl (C=O) groups is 1. The molecule has 2 aliphatic heterocycles. The third-order valence-corrected chi connectivity index (χ3v) is 10.5. The largest absolute Gasteiger partial charge is 0.417 e. The van der Waals surface area contributed by atoms with Crippen LogP contribution in [0.15, 0.2) is 65.6 Å². The zero-order chi connectivity index (χ0) is 31.1. The summed E-state index contributed by atoms with van der Waals surface area (Å²) in [6.45, 7) is 4.88. The quantitative estimate of drug-likeness (QED) is 0.310. The Hall–Kier alpha value is -3.15. The molecule has 2 heterocycles. The lowest BCUT2D eigenvalue weighted by Gasteiger charge is -2.42. The number of piperidine rings is 1. The Labute approximate surface area is 253 Å². The van der Waals surface area contributed by atoms with Crippen molar-refractivity contribution in [1.29, 1.82) is 0 Å². The van der Waals surface area contributed by atoms with Crippen molar-refractivity contribution in [2.45, 2.75) is 37.3 Å². The molecule has 3 aromatic rings. The van der Waals surface area contributed by atoms with Gasteiger partial charge in [-0.2, -0.15) is 17.5 Å². The molecule has 0 aromatic heterocycles. The standard InChI is InChI=1S/C31H32ClF4N3O3S/c1-20-7-10-24(27(33)17-20)23-11-12-39(43(41,42)29-6-4-3-5-26(29)31(34,35)36)19-25(23)30(40)38-15-13-37(14-16-38)28-18-22(32)9-8-21(28)2/h3-10,17-18,23,25H,11-16,19H2,1-2H3/t23-,25-/m0/s1. The van der Waals surface area contributed by atoms with E-state index in [1.165, 1.54) is 12.1 Å². The van der Waals surface area contributed by atoms with E-state index in [1.54, 1.807) is 30.0 Å². The minimum absolute atomic E-state index is 0.0749. The molecule has 6 nitrogen and oxygen atoms in total. The number of carbonyl (C=O) groups excluding carboxylic acids is 1. The maximum Gasteiger partial charge on any atom is 0.417 e. The Morgan fingerprint density at radius 2 is 1.63 bits per heavy atom. The number of aryl methyl sites for hydroxylation is 2. The van der Waals surface area contributed by atoms with Gasteiger partial charge in [0.25, 0.3) is 0 Å². The molecule has 43 heavy (non-hydrogen) atoms. The van der Waals surface area contributed by atoms with E-state index in [9.17, 15) is 26.4 Å². The number of alkyl halides is 3. The van der Waals surface area contributed by atoms with Crippen molar-refractivity contribution in [3.05, 3.63) is 93.8 Å². The van der Waals surface area contributed by atoms with Gasteiger partial charge in [-0.25, -0.2) is 12.8 Å². The molecule has 0 aliphatic carbocycles. The van der Waals surface area contributed by atoms with E-state index < -0.39 is 44.3 Å². The Morgan fingerprint density at radius 1 is 0.930 bits per heavy atom. The number of piperazine rings is 1. The van der Waals surface area contributed by atoms with Crippen LogP contribution in [0.25, 0.3) is 0 Å². The molecule has 0 bridgehead atoms. The van der Waals surface area contributed by atoms with E-state index in [0.717, 1.165) is 33.8 Å². The van der Waals surface area contributed by atoms with E-state index in [-0.39, 0.29) is 25.4 Å². The number of anilines is 1. The van der Waals surface area contributed by atoms with Crippen LogP contribution in [0.5, 0.6) is 0 Å². The van der Waals surface area contributed by atoms with Gasteiger partial charge < -0.3 is 9.80 Å². The first-order valence-electron chi connectivity index (χ1n) is 14.0. The molecule has 2 saturated heterocycles. The summed E-state index contributed by atoms with van der Waals surface area (Å²) < 4.78 is 84.7.